The van der Waals surface area contributed by atoms with Gasteiger partial charge in [-0.15, -0.1) is 0 Å². The highest BCUT2D eigenvalue weighted by Crippen LogP contribution is 2.38. The number of carbonyl (C=O) groups excluding carboxylic acids is 1. The molecule has 196 valence electrons. The summed E-state index contributed by atoms with van der Waals surface area (Å²) in [5.41, 5.74) is 0.424. The van der Waals surface area contributed by atoms with E-state index in [1.807, 2.05) is 12.1 Å². The standard InChI is InChI=1S/C27H27F3N2O4S/c1-37(34,35)36-26(22-9-3-2-4-10-22,23-13-12-20-7-5-6-8-21(20)17-23)25(33)31-16-15-19-11-14-24(32-18-19)27(28,29)30/h2-4,9-14,17-18H,5-8,15-16H2,1H3,(H,31,33). The van der Waals surface area contributed by atoms with Crippen molar-refractivity contribution >= 4 is 16.0 Å². The summed E-state index contributed by atoms with van der Waals surface area (Å²) >= 11 is 0. The van der Waals surface area contributed by atoms with Crippen molar-refractivity contribution in [1.29, 1.82) is 0 Å². The highest BCUT2D eigenvalue weighted by atomic mass is 32.2. The summed E-state index contributed by atoms with van der Waals surface area (Å²) < 4.78 is 69.0. The third-order valence-electron chi connectivity index (χ3n) is 6.35. The molecule has 0 saturated carbocycles. The van der Waals surface area contributed by atoms with E-state index in [4.69, 9.17) is 4.18 Å². The van der Waals surface area contributed by atoms with E-state index in [-0.39, 0.29) is 13.0 Å². The number of rotatable bonds is 8. The number of halogens is 3. The SMILES string of the molecule is CS(=O)(=O)OC(C(=O)NCCc1ccc(C(F)(F)F)nc1)(c1ccccc1)c1ccc2c(c1)CCCC2. The fourth-order valence-corrected chi connectivity index (χ4v) is 5.32. The van der Waals surface area contributed by atoms with Gasteiger partial charge in [-0.1, -0.05) is 54.6 Å². The number of aryl methyl sites for hydroxylation is 2. The molecule has 1 N–H and O–H groups in total. The molecule has 0 spiro atoms. The number of aromatic nitrogens is 1. The molecule has 6 nitrogen and oxygen atoms in total. The summed E-state index contributed by atoms with van der Waals surface area (Å²) in [5, 5.41) is 2.74. The van der Waals surface area contributed by atoms with E-state index in [1.54, 1.807) is 36.4 Å². The van der Waals surface area contributed by atoms with Gasteiger partial charge in [-0.05, 0) is 66.0 Å². The van der Waals surface area contributed by atoms with Crippen LogP contribution < -0.4 is 5.32 Å². The van der Waals surface area contributed by atoms with Crippen molar-refractivity contribution in [2.24, 2.45) is 0 Å². The molecule has 0 radical (unpaired) electrons. The van der Waals surface area contributed by atoms with Gasteiger partial charge in [0.1, 0.15) is 5.69 Å². The van der Waals surface area contributed by atoms with Crippen molar-refractivity contribution < 1.29 is 30.6 Å². The lowest BCUT2D eigenvalue weighted by Gasteiger charge is -2.33. The molecule has 1 aliphatic rings. The van der Waals surface area contributed by atoms with E-state index in [9.17, 15) is 26.4 Å². The zero-order valence-electron chi connectivity index (χ0n) is 20.2. The summed E-state index contributed by atoms with van der Waals surface area (Å²) in [7, 11) is -4.12. The molecule has 1 unspecified atom stereocenters. The van der Waals surface area contributed by atoms with Gasteiger partial charge in [-0.2, -0.15) is 21.6 Å². The number of hydrogen-bond donors (Lipinski definition) is 1. The lowest BCUT2D eigenvalue weighted by Crippen LogP contribution is -2.49. The van der Waals surface area contributed by atoms with Crippen molar-refractivity contribution in [3.8, 4) is 0 Å². The maximum atomic E-state index is 13.8. The van der Waals surface area contributed by atoms with Crippen LogP contribution in [-0.4, -0.2) is 32.1 Å². The minimum Gasteiger partial charge on any atom is -0.353 e. The van der Waals surface area contributed by atoms with E-state index in [2.05, 4.69) is 10.3 Å². The molecule has 1 amide bonds. The van der Waals surface area contributed by atoms with Crippen LogP contribution in [0, 0.1) is 0 Å². The van der Waals surface area contributed by atoms with Gasteiger partial charge in [-0.25, -0.2) is 4.18 Å². The Morgan fingerprint density at radius 3 is 2.30 bits per heavy atom. The first-order chi connectivity index (χ1) is 17.5. The molecule has 3 aromatic rings. The van der Waals surface area contributed by atoms with E-state index in [1.165, 1.54) is 6.07 Å². The molecule has 1 heterocycles. The van der Waals surface area contributed by atoms with Gasteiger partial charge in [0.05, 0.1) is 6.26 Å². The second-order valence-corrected chi connectivity index (χ2v) is 10.7. The first kappa shape index (κ1) is 26.8. The molecule has 1 atom stereocenters. The predicted octanol–water partition coefficient (Wildman–Crippen LogP) is 4.56. The highest BCUT2D eigenvalue weighted by Gasteiger charge is 2.47. The van der Waals surface area contributed by atoms with E-state index in [0.717, 1.165) is 55.3 Å². The third kappa shape index (κ3) is 6.19. The normalized spacial score (nSPS) is 15.5. The van der Waals surface area contributed by atoms with Crippen LogP contribution in [0.1, 0.15) is 46.4 Å². The van der Waals surface area contributed by atoms with Gasteiger partial charge in [0.15, 0.2) is 0 Å². The van der Waals surface area contributed by atoms with Gasteiger partial charge in [0.2, 0.25) is 5.60 Å². The van der Waals surface area contributed by atoms with Gasteiger partial charge < -0.3 is 5.32 Å². The summed E-state index contributed by atoms with van der Waals surface area (Å²) in [6.07, 6.45) is 1.43. The number of amides is 1. The maximum Gasteiger partial charge on any atom is 0.433 e. The minimum atomic E-state index is -4.54. The molecule has 1 aromatic heterocycles. The average molecular weight is 533 g/mol. The number of hydrogen-bond acceptors (Lipinski definition) is 5. The molecule has 2 aromatic carbocycles. The zero-order chi connectivity index (χ0) is 26.7. The molecular weight excluding hydrogens is 505 g/mol. The van der Waals surface area contributed by atoms with E-state index in [0.29, 0.717) is 16.7 Å². The average Bonchev–Trinajstić information content (AvgIpc) is 2.86. The Hall–Kier alpha value is -3.24. The van der Waals surface area contributed by atoms with Crippen molar-refractivity contribution in [2.45, 2.75) is 43.9 Å². The van der Waals surface area contributed by atoms with Crippen molar-refractivity contribution in [3.63, 3.8) is 0 Å². The largest absolute Gasteiger partial charge is 0.433 e. The molecule has 0 fully saturated rings. The van der Waals surface area contributed by atoms with Crippen LogP contribution in [0.5, 0.6) is 0 Å². The van der Waals surface area contributed by atoms with Crippen LogP contribution >= 0.6 is 0 Å². The molecule has 10 heteroatoms. The summed E-state index contributed by atoms with van der Waals surface area (Å²) in [5.74, 6) is -0.695. The fraction of sp³-hybridized carbons (Fsp3) is 0.333. The number of benzene rings is 2. The first-order valence-corrected chi connectivity index (χ1v) is 13.7. The van der Waals surface area contributed by atoms with E-state index >= 15 is 0 Å². The smallest absolute Gasteiger partial charge is 0.353 e. The number of alkyl halides is 3. The van der Waals surface area contributed by atoms with Gasteiger partial charge >= 0.3 is 6.18 Å². The van der Waals surface area contributed by atoms with Crippen LogP contribution in [0.4, 0.5) is 13.2 Å². The predicted molar refractivity (Wildman–Crippen MR) is 132 cm³/mol. The second kappa shape index (κ2) is 10.6. The number of carbonyl (C=O) groups is 1. The Bertz CT molecular complexity index is 1360. The van der Waals surface area contributed by atoms with Crippen molar-refractivity contribution in [2.75, 3.05) is 12.8 Å². The zero-order valence-corrected chi connectivity index (χ0v) is 21.0. The van der Waals surface area contributed by atoms with Crippen LogP contribution in [0.2, 0.25) is 0 Å². The van der Waals surface area contributed by atoms with Gasteiger partial charge in [0.25, 0.3) is 16.0 Å². The molecule has 0 aliphatic heterocycles. The van der Waals surface area contributed by atoms with Crippen molar-refractivity contribution in [3.05, 3.63) is 100 Å². The molecule has 0 bridgehead atoms. The molecular formula is C27H27F3N2O4S. The van der Waals surface area contributed by atoms with Crippen LogP contribution in [0.25, 0.3) is 0 Å². The Labute approximate surface area is 214 Å². The van der Waals surface area contributed by atoms with Crippen LogP contribution in [-0.2, 0) is 50.1 Å². The fourth-order valence-electron chi connectivity index (χ4n) is 4.60. The van der Waals surface area contributed by atoms with E-state index < -0.39 is 33.5 Å². The monoisotopic (exact) mass is 532 g/mol. The first-order valence-electron chi connectivity index (χ1n) is 11.9. The third-order valence-corrected chi connectivity index (χ3v) is 6.90. The summed E-state index contributed by atoms with van der Waals surface area (Å²) in [6.45, 7) is 0.0263. The van der Waals surface area contributed by atoms with Crippen LogP contribution in [0.15, 0.2) is 66.9 Å². The lowest BCUT2D eigenvalue weighted by atomic mass is 9.81. The summed E-state index contributed by atoms with van der Waals surface area (Å²) in [6, 6.07) is 16.0. The topological polar surface area (TPSA) is 85.4 Å². The van der Waals surface area contributed by atoms with Crippen molar-refractivity contribution in [1.82, 2.24) is 10.3 Å². The molecule has 4 rings (SSSR count). The highest BCUT2D eigenvalue weighted by molar-refractivity contribution is 7.86. The Kier molecular flexibility index (Phi) is 7.70. The lowest BCUT2D eigenvalue weighted by molar-refractivity contribution is -0.141. The summed E-state index contributed by atoms with van der Waals surface area (Å²) in [4.78, 5) is 17.3. The molecule has 0 saturated heterocycles. The molecule has 37 heavy (non-hydrogen) atoms. The Balaban J connectivity index is 1.68. The number of nitrogens with zero attached hydrogens (tertiary/aromatic N) is 1. The number of fused-ring (bicyclic) bond motifs is 1. The van der Waals surface area contributed by atoms with Gasteiger partial charge in [-0.3, -0.25) is 9.78 Å². The minimum absolute atomic E-state index is 0.0263. The Morgan fingerprint density at radius 2 is 1.68 bits per heavy atom. The van der Waals surface area contributed by atoms with Crippen LogP contribution in [0.3, 0.4) is 0 Å². The van der Waals surface area contributed by atoms with Gasteiger partial charge in [0, 0.05) is 12.7 Å². The quantitative estimate of drug-likeness (QED) is 0.430. The Morgan fingerprint density at radius 1 is 0.973 bits per heavy atom. The number of pyridine rings is 1. The molecule has 1 aliphatic carbocycles. The number of nitrogens with one attached hydrogen (secondary N) is 1. The maximum absolute atomic E-state index is 13.8. The second-order valence-electron chi connectivity index (χ2n) is 9.08.